The molecule has 0 spiro atoms. The van der Waals surface area contributed by atoms with Gasteiger partial charge in [0.2, 0.25) is 0 Å². The third kappa shape index (κ3) is 6.13. The fraction of sp³-hybridized carbons (Fsp3) is 0.536. The third-order valence-electron chi connectivity index (χ3n) is 7.26. The van der Waals surface area contributed by atoms with Crippen LogP contribution >= 0.6 is 0 Å². The van der Waals surface area contributed by atoms with Gasteiger partial charge in [-0.1, -0.05) is 36.8 Å². The molecular weight excluding hydrogens is 394 g/mol. The Morgan fingerprint density at radius 3 is 2.53 bits per heavy atom. The molecule has 3 aliphatic rings. The summed E-state index contributed by atoms with van der Waals surface area (Å²) in [5.74, 6) is 0.793. The summed E-state index contributed by atoms with van der Waals surface area (Å²) in [6.45, 7) is 8.27. The molecule has 0 atom stereocenters. The Bertz CT molecular complexity index is 841. The predicted molar refractivity (Wildman–Crippen MR) is 132 cm³/mol. The summed E-state index contributed by atoms with van der Waals surface area (Å²) in [6.07, 6.45) is 16.5. The Labute approximate surface area is 194 Å². The molecule has 1 aromatic rings. The first-order valence-electron chi connectivity index (χ1n) is 12.6. The van der Waals surface area contributed by atoms with Crippen LogP contribution in [0.5, 0.6) is 0 Å². The Hall–Kier alpha value is -2.33. The van der Waals surface area contributed by atoms with Gasteiger partial charge in [0.1, 0.15) is 0 Å². The van der Waals surface area contributed by atoms with Gasteiger partial charge in [0.05, 0.1) is 11.4 Å². The van der Waals surface area contributed by atoms with E-state index in [9.17, 15) is 4.79 Å². The summed E-state index contributed by atoms with van der Waals surface area (Å²) >= 11 is 0. The predicted octanol–water partition coefficient (Wildman–Crippen LogP) is 5.51. The van der Waals surface area contributed by atoms with Crippen LogP contribution in [0.2, 0.25) is 0 Å². The summed E-state index contributed by atoms with van der Waals surface area (Å²) in [4.78, 5) is 18.1. The van der Waals surface area contributed by atoms with Crippen LogP contribution in [0.15, 0.2) is 65.5 Å². The van der Waals surface area contributed by atoms with Gasteiger partial charge in [-0.25, -0.2) is 0 Å². The van der Waals surface area contributed by atoms with Crippen LogP contribution in [0.25, 0.3) is 0 Å². The van der Waals surface area contributed by atoms with E-state index in [0.29, 0.717) is 5.56 Å². The van der Waals surface area contributed by atoms with Crippen molar-refractivity contribution in [1.29, 1.82) is 0 Å². The first-order valence-corrected chi connectivity index (χ1v) is 12.6. The summed E-state index contributed by atoms with van der Waals surface area (Å²) in [5, 5.41) is 3.22. The van der Waals surface area contributed by atoms with Crippen molar-refractivity contribution >= 4 is 5.91 Å². The Morgan fingerprint density at radius 2 is 1.78 bits per heavy atom. The van der Waals surface area contributed by atoms with Crippen LogP contribution < -0.4 is 5.32 Å². The number of carbonyl (C=O) groups is 1. The Balaban J connectivity index is 1.40. The number of piperidine rings is 2. The molecule has 4 nitrogen and oxygen atoms in total. The molecule has 2 aliphatic heterocycles. The first-order chi connectivity index (χ1) is 15.7. The highest BCUT2D eigenvalue weighted by molar-refractivity contribution is 5.95. The van der Waals surface area contributed by atoms with Crippen molar-refractivity contribution < 1.29 is 4.79 Å². The average Bonchev–Trinajstić information content (AvgIpc) is 2.83. The monoisotopic (exact) mass is 433 g/mol. The topological polar surface area (TPSA) is 35.6 Å². The van der Waals surface area contributed by atoms with Crippen LogP contribution in [0.3, 0.4) is 0 Å². The fourth-order valence-corrected chi connectivity index (χ4v) is 5.31. The molecule has 0 unspecified atom stereocenters. The van der Waals surface area contributed by atoms with E-state index >= 15 is 0 Å². The van der Waals surface area contributed by atoms with Crippen molar-refractivity contribution in [3.05, 3.63) is 71.1 Å². The molecule has 0 aromatic heterocycles. The number of allylic oxidation sites excluding steroid dienone is 4. The van der Waals surface area contributed by atoms with E-state index in [4.69, 9.17) is 0 Å². The zero-order valence-corrected chi connectivity index (χ0v) is 19.7. The molecule has 0 radical (unpaired) electrons. The van der Waals surface area contributed by atoms with E-state index in [1.54, 1.807) is 0 Å². The number of rotatable bonds is 6. The average molecular weight is 434 g/mol. The van der Waals surface area contributed by atoms with Crippen LogP contribution in [-0.4, -0.2) is 48.4 Å². The summed E-state index contributed by atoms with van der Waals surface area (Å²) in [5.41, 5.74) is 4.26. The van der Waals surface area contributed by atoms with Gasteiger partial charge in [-0.05, 0) is 101 Å². The van der Waals surface area contributed by atoms with Gasteiger partial charge in [0.25, 0.3) is 5.91 Å². The molecule has 0 bridgehead atoms. The van der Waals surface area contributed by atoms with E-state index in [1.807, 2.05) is 30.3 Å². The van der Waals surface area contributed by atoms with Gasteiger partial charge in [-0.2, -0.15) is 0 Å². The highest BCUT2D eigenvalue weighted by Crippen LogP contribution is 2.30. The quantitative estimate of drug-likeness (QED) is 0.642. The van der Waals surface area contributed by atoms with Crippen LogP contribution in [0.4, 0.5) is 0 Å². The Morgan fingerprint density at radius 1 is 1.03 bits per heavy atom. The fourth-order valence-electron chi connectivity index (χ4n) is 5.31. The lowest BCUT2D eigenvalue weighted by Gasteiger charge is -2.38. The number of benzene rings is 1. The summed E-state index contributed by atoms with van der Waals surface area (Å²) in [7, 11) is 0. The number of nitrogens with zero attached hydrogens (tertiary/aromatic N) is 2. The molecule has 2 fully saturated rings. The highest BCUT2D eigenvalue weighted by atomic mass is 16.1. The normalized spacial score (nSPS) is 21.2. The van der Waals surface area contributed by atoms with Gasteiger partial charge in [-0.3, -0.25) is 4.79 Å². The SMILES string of the molecule is CC1=C(N2CCC(CCN3CCCCC3)CC2)C(NC(=O)c2ccccc2)=CC=CCC1. The van der Waals surface area contributed by atoms with Crippen LogP contribution in [0.1, 0.15) is 68.6 Å². The van der Waals surface area contributed by atoms with Crippen molar-refractivity contribution in [2.75, 3.05) is 32.7 Å². The highest BCUT2D eigenvalue weighted by Gasteiger charge is 2.25. The second kappa shape index (κ2) is 11.5. The van der Waals surface area contributed by atoms with Crippen molar-refractivity contribution in [3.8, 4) is 0 Å². The summed E-state index contributed by atoms with van der Waals surface area (Å²) in [6, 6.07) is 9.52. The molecule has 1 aliphatic carbocycles. The number of nitrogens with one attached hydrogen (secondary N) is 1. The van der Waals surface area contributed by atoms with E-state index in [2.05, 4.69) is 40.3 Å². The minimum Gasteiger partial charge on any atom is -0.370 e. The lowest BCUT2D eigenvalue weighted by atomic mass is 9.91. The largest absolute Gasteiger partial charge is 0.370 e. The molecule has 172 valence electrons. The number of amides is 1. The van der Waals surface area contributed by atoms with E-state index < -0.39 is 0 Å². The van der Waals surface area contributed by atoms with Crippen molar-refractivity contribution in [1.82, 2.24) is 15.1 Å². The maximum atomic E-state index is 12.9. The molecule has 32 heavy (non-hydrogen) atoms. The number of likely N-dealkylation sites (tertiary alicyclic amines) is 2. The second-order valence-corrected chi connectivity index (χ2v) is 9.62. The second-order valence-electron chi connectivity index (χ2n) is 9.62. The summed E-state index contributed by atoms with van der Waals surface area (Å²) < 4.78 is 0. The van der Waals surface area contributed by atoms with Gasteiger partial charge in [0, 0.05) is 18.7 Å². The van der Waals surface area contributed by atoms with Gasteiger partial charge >= 0.3 is 0 Å². The molecule has 1 aromatic carbocycles. The van der Waals surface area contributed by atoms with Crippen molar-refractivity contribution in [2.45, 2.75) is 58.3 Å². The number of hydrogen-bond donors (Lipinski definition) is 1. The first kappa shape index (κ1) is 22.8. The van der Waals surface area contributed by atoms with E-state index in [-0.39, 0.29) is 5.91 Å². The molecule has 2 saturated heterocycles. The molecule has 1 amide bonds. The van der Waals surface area contributed by atoms with Crippen molar-refractivity contribution in [2.24, 2.45) is 5.92 Å². The third-order valence-corrected chi connectivity index (χ3v) is 7.26. The van der Waals surface area contributed by atoms with Gasteiger partial charge in [0.15, 0.2) is 0 Å². The zero-order valence-electron chi connectivity index (χ0n) is 19.7. The Kier molecular flexibility index (Phi) is 8.22. The number of hydrogen-bond acceptors (Lipinski definition) is 3. The standard InChI is InChI=1S/C28H39N3O/c1-23-11-5-2-8-14-26(29-28(32)25-12-6-3-7-13-25)27(23)31-21-16-24(17-22-31)15-20-30-18-9-4-10-19-30/h2-3,6-8,12-14,24H,4-5,9-11,15-22H2,1H3,(H,29,32). The lowest BCUT2D eigenvalue weighted by Crippen LogP contribution is -2.39. The smallest absolute Gasteiger partial charge is 0.255 e. The minimum atomic E-state index is -0.0347. The molecule has 1 N–H and O–H groups in total. The van der Waals surface area contributed by atoms with Crippen LogP contribution in [0, 0.1) is 5.92 Å². The maximum absolute atomic E-state index is 12.9. The molecular formula is C28H39N3O. The van der Waals surface area contributed by atoms with Gasteiger partial charge < -0.3 is 15.1 Å². The molecule has 4 rings (SSSR count). The zero-order chi connectivity index (χ0) is 22.2. The molecule has 2 heterocycles. The number of carbonyl (C=O) groups excluding carboxylic acids is 1. The molecule has 4 heteroatoms. The maximum Gasteiger partial charge on any atom is 0.255 e. The van der Waals surface area contributed by atoms with Gasteiger partial charge in [-0.15, -0.1) is 0 Å². The van der Waals surface area contributed by atoms with Crippen LogP contribution in [-0.2, 0) is 0 Å². The van der Waals surface area contributed by atoms with E-state index in [0.717, 1.165) is 37.5 Å². The minimum absolute atomic E-state index is 0.0347. The van der Waals surface area contributed by atoms with E-state index in [1.165, 1.54) is 69.4 Å². The van der Waals surface area contributed by atoms with Crippen molar-refractivity contribution in [3.63, 3.8) is 0 Å². The lowest BCUT2D eigenvalue weighted by molar-refractivity contribution is 0.0963. The molecule has 0 saturated carbocycles.